The number of hydrogen-bond donors (Lipinski definition) is 1. The summed E-state index contributed by atoms with van der Waals surface area (Å²) in [5.41, 5.74) is 1.04. The lowest BCUT2D eigenvalue weighted by atomic mass is 10.1. The lowest BCUT2D eigenvalue weighted by Crippen LogP contribution is -2.48. The van der Waals surface area contributed by atoms with Crippen molar-refractivity contribution in [3.8, 4) is 11.3 Å². The number of rotatable bonds is 1. The summed E-state index contributed by atoms with van der Waals surface area (Å²) in [7, 11) is 0. The first-order chi connectivity index (χ1) is 9.16. The average Bonchev–Trinajstić information content (AvgIpc) is 2.42. The molecular weight excluding hydrogens is 308 g/mol. The number of aromatic nitrogens is 2. The second-order valence-electron chi connectivity index (χ2n) is 4.13. The van der Waals surface area contributed by atoms with Crippen molar-refractivity contribution < 1.29 is 4.73 Å². The van der Waals surface area contributed by atoms with Crippen LogP contribution in [0.2, 0.25) is 0 Å². The molecule has 94 valence electrons. The number of nitrogens with one attached hydrogen (secondary N) is 1. The molecule has 0 atom stereocenters. The predicted molar refractivity (Wildman–Crippen MR) is 76.7 cm³/mol. The predicted octanol–water partition coefficient (Wildman–Crippen LogP) is 2.59. The quantitative estimate of drug-likeness (QED) is 0.554. The zero-order valence-corrected chi connectivity index (χ0v) is 11.3. The van der Waals surface area contributed by atoms with E-state index >= 15 is 0 Å². The molecule has 0 aliphatic rings. The Morgan fingerprint density at radius 3 is 2.58 bits per heavy atom. The molecule has 0 saturated carbocycles. The molecule has 4 nitrogen and oxygen atoms in total. The van der Waals surface area contributed by atoms with E-state index in [9.17, 15) is 10.0 Å². The number of H-pyrrole nitrogens is 1. The van der Waals surface area contributed by atoms with E-state index in [0.717, 1.165) is 4.47 Å². The van der Waals surface area contributed by atoms with Gasteiger partial charge in [-0.05, 0) is 18.2 Å². The molecule has 0 aliphatic carbocycles. The van der Waals surface area contributed by atoms with Gasteiger partial charge in [0.2, 0.25) is 0 Å². The number of benzene rings is 2. The zero-order chi connectivity index (χ0) is 13.4. The van der Waals surface area contributed by atoms with Gasteiger partial charge in [0.05, 0.1) is 5.39 Å². The molecule has 19 heavy (non-hydrogen) atoms. The fourth-order valence-corrected chi connectivity index (χ4v) is 2.43. The van der Waals surface area contributed by atoms with Crippen LogP contribution < -0.4 is 10.4 Å². The fraction of sp³-hybridized carbons (Fsp3) is 0. The van der Waals surface area contributed by atoms with E-state index in [0.29, 0.717) is 26.9 Å². The molecule has 3 rings (SSSR count). The van der Waals surface area contributed by atoms with Crippen LogP contribution in [0, 0.1) is 5.21 Å². The van der Waals surface area contributed by atoms with E-state index in [4.69, 9.17) is 0 Å². The number of hydrogen-bond acceptors (Lipinski definition) is 2. The summed E-state index contributed by atoms with van der Waals surface area (Å²) < 4.78 is 1.24. The minimum atomic E-state index is -0.673. The summed E-state index contributed by atoms with van der Waals surface area (Å²) in [6.07, 6.45) is 0. The third-order valence-electron chi connectivity index (χ3n) is 2.91. The van der Waals surface area contributed by atoms with E-state index in [1.807, 2.05) is 42.5 Å². The molecule has 0 saturated heterocycles. The van der Waals surface area contributed by atoms with Gasteiger partial charge in [-0.2, -0.15) is 9.52 Å². The Bertz CT molecular complexity index is 813. The van der Waals surface area contributed by atoms with Crippen LogP contribution in [0.15, 0.2) is 57.8 Å². The third kappa shape index (κ3) is 2.02. The standard InChI is InChI=1S/C14H9BrN2O2/c15-10-6-7-12-11(8-10)13(17(19)14(18)16-12)9-4-2-1-3-5-9/h1-8H,(H,16,18). The topological polar surface area (TPSA) is 59.8 Å². The minimum Gasteiger partial charge on any atom is -0.708 e. The molecule has 0 amide bonds. The van der Waals surface area contributed by atoms with Gasteiger partial charge in [0, 0.05) is 10.0 Å². The summed E-state index contributed by atoms with van der Waals surface area (Å²) in [6.45, 7) is 0. The third-order valence-corrected chi connectivity index (χ3v) is 3.41. The van der Waals surface area contributed by atoms with Gasteiger partial charge in [-0.3, -0.25) is 0 Å². The van der Waals surface area contributed by atoms with Crippen molar-refractivity contribution in [2.45, 2.75) is 0 Å². The van der Waals surface area contributed by atoms with Gasteiger partial charge in [-0.15, -0.1) is 0 Å². The van der Waals surface area contributed by atoms with E-state index in [1.165, 1.54) is 0 Å². The van der Waals surface area contributed by atoms with Crippen molar-refractivity contribution in [2.24, 2.45) is 0 Å². The molecule has 0 unspecified atom stereocenters. The van der Waals surface area contributed by atoms with Crippen LogP contribution in [0.3, 0.4) is 0 Å². The normalized spacial score (nSPS) is 10.8. The van der Waals surface area contributed by atoms with Crippen molar-refractivity contribution in [1.82, 2.24) is 4.98 Å². The zero-order valence-electron chi connectivity index (χ0n) is 9.76. The van der Waals surface area contributed by atoms with Gasteiger partial charge in [-0.1, -0.05) is 46.3 Å². The molecule has 1 aromatic heterocycles. The second-order valence-corrected chi connectivity index (χ2v) is 5.04. The van der Waals surface area contributed by atoms with Crippen LogP contribution in [0.5, 0.6) is 0 Å². The first-order valence-corrected chi connectivity index (χ1v) is 6.46. The Kier molecular flexibility index (Phi) is 2.83. The molecule has 1 N–H and O–H groups in total. The van der Waals surface area contributed by atoms with Gasteiger partial charge in [-0.25, -0.2) is 4.98 Å². The molecule has 2 aromatic carbocycles. The number of halogens is 1. The van der Waals surface area contributed by atoms with E-state index < -0.39 is 5.69 Å². The maximum atomic E-state index is 12.1. The summed E-state index contributed by atoms with van der Waals surface area (Å²) in [5, 5.41) is 12.8. The van der Waals surface area contributed by atoms with Crippen LogP contribution >= 0.6 is 15.9 Å². The van der Waals surface area contributed by atoms with Crippen LogP contribution in [-0.2, 0) is 0 Å². The van der Waals surface area contributed by atoms with Gasteiger partial charge in [0.1, 0.15) is 5.52 Å². The molecule has 0 aliphatic heterocycles. The molecule has 1 heterocycles. The number of aromatic amines is 1. The fourth-order valence-electron chi connectivity index (χ4n) is 2.07. The SMILES string of the molecule is O=c1[nH]c2ccc(Br)cc2c(-c2ccccc2)[n+]1[O-]. The van der Waals surface area contributed by atoms with Crippen molar-refractivity contribution in [3.63, 3.8) is 0 Å². The van der Waals surface area contributed by atoms with Crippen LogP contribution in [0.1, 0.15) is 0 Å². The Labute approximate surface area is 117 Å². The highest BCUT2D eigenvalue weighted by atomic mass is 79.9. The minimum absolute atomic E-state index is 0.362. The Hall–Kier alpha value is -2.14. The first-order valence-electron chi connectivity index (χ1n) is 5.67. The molecule has 0 bridgehead atoms. The van der Waals surface area contributed by atoms with Gasteiger partial charge >= 0.3 is 5.69 Å². The first kappa shape index (κ1) is 11.9. The summed E-state index contributed by atoms with van der Waals surface area (Å²) in [6, 6.07) is 14.6. The summed E-state index contributed by atoms with van der Waals surface area (Å²) in [5.74, 6) is 0. The molecular formula is C14H9BrN2O2. The highest BCUT2D eigenvalue weighted by Gasteiger charge is 2.15. The van der Waals surface area contributed by atoms with Crippen LogP contribution in [-0.4, -0.2) is 4.98 Å². The van der Waals surface area contributed by atoms with Crippen molar-refractivity contribution in [3.05, 3.63) is 68.7 Å². The largest absolute Gasteiger partial charge is 0.708 e. The number of nitrogens with zero attached hydrogens (tertiary/aromatic N) is 1. The molecule has 3 aromatic rings. The van der Waals surface area contributed by atoms with Gasteiger partial charge in [0.15, 0.2) is 5.69 Å². The Balaban J connectivity index is 2.48. The van der Waals surface area contributed by atoms with Crippen LogP contribution in [0.25, 0.3) is 22.2 Å². The maximum Gasteiger partial charge on any atom is 0.499 e. The van der Waals surface area contributed by atoms with Crippen molar-refractivity contribution in [2.75, 3.05) is 0 Å². The summed E-state index contributed by atoms with van der Waals surface area (Å²) in [4.78, 5) is 14.3. The van der Waals surface area contributed by atoms with Crippen molar-refractivity contribution >= 4 is 26.8 Å². The van der Waals surface area contributed by atoms with Crippen LogP contribution in [0.4, 0.5) is 0 Å². The monoisotopic (exact) mass is 316 g/mol. The van der Waals surface area contributed by atoms with Gasteiger partial charge < -0.3 is 5.21 Å². The van der Waals surface area contributed by atoms with Crippen molar-refractivity contribution in [1.29, 1.82) is 0 Å². The molecule has 0 radical (unpaired) electrons. The molecule has 5 heteroatoms. The van der Waals surface area contributed by atoms with E-state index in [-0.39, 0.29) is 0 Å². The smallest absolute Gasteiger partial charge is 0.499 e. The lowest BCUT2D eigenvalue weighted by molar-refractivity contribution is -0.611. The molecule has 0 spiro atoms. The Morgan fingerprint density at radius 2 is 1.84 bits per heavy atom. The average molecular weight is 317 g/mol. The highest BCUT2D eigenvalue weighted by molar-refractivity contribution is 9.10. The molecule has 0 fully saturated rings. The second kappa shape index (κ2) is 4.51. The summed E-state index contributed by atoms with van der Waals surface area (Å²) >= 11 is 3.38. The maximum absolute atomic E-state index is 12.1. The number of fused-ring (bicyclic) bond motifs is 1. The highest BCUT2D eigenvalue weighted by Crippen LogP contribution is 2.25. The lowest BCUT2D eigenvalue weighted by Gasteiger charge is -2.10. The van der Waals surface area contributed by atoms with E-state index in [1.54, 1.807) is 6.07 Å². The van der Waals surface area contributed by atoms with Gasteiger partial charge in [0.25, 0.3) is 0 Å². The Morgan fingerprint density at radius 1 is 1.11 bits per heavy atom. The van der Waals surface area contributed by atoms with E-state index in [2.05, 4.69) is 20.9 Å².